The number of hydrogen-bond acceptors (Lipinski definition) is 2. The number of alkyl halides is 1. The quantitative estimate of drug-likeness (QED) is 0.356. The van der Waals surface area contributed by atoms with Crippen molar-refractivity contribution in [1.29, 1.82) is 0 Å². The molecule has 1 rings (SSSR count). The van der Waals surface area contributed by atoms with Crippen molar-refractivity contribution in [3.05, 3.63) is 12.1 Å². The van der Waals surface area contributed by atoms with E-state index in [-0.39, 0.29) is 0 Å². The lowest BCUT2D eigenvalue weighted by atomic mass is 10.6. The number of rotatable bonds is 0. The van der Waals surface area contributed by atoms with Crippen molar-refractivity contribution >= 4 is 0 Å². The van der Waals surface area contributed by atoms with Gasteiger partial charge in [-0.2, -0.15) is 0 Å². The van der Waals surface area contributed by atoms with Crippen LogP contribution >= 0.6 is 0 Å². The van der Waals surface area contributed by atoms with Crippen LogP contribution < -0.4 is 0 Å². The first-order chi connectivity index (χ1) is 3.72. The summed E-state index contributed by atoms with van der Waals surface area (Å²) in [4.78, 5) is 3.63. The van der Waals surface area contributed by atoms with Gasteiger partial charge < -0.3 is 4.84 Å². The van der Waals surface area contributed by atoms with E-state index in [1.54, 1.807) is 0 Å². The minimum atomic E-state index is -2.38. The van der Waals surface area contributed by atoms with E-state index in [9.17, 15) is 13.3 Å². The first-order valence-corrected chi connectivity index (χ1v) is 1.83. The van der Waals surface area contributed by atoms with Crippen LogP contribution in [0, 0.1) is 0 Å². The molecule has 0 fully saturated rings. The molecular formula is C3H2F3NO. The largest absolute Gasteiger partial charge is 0.378 e. The monoisotopic (exact) mass is 125 g/mol. The summed E-state index contributed by atoms with van der Waals surface area (Å²) >= 11 is 0. The fourth-order valence-corrected chi connectivity index (χ4v) is 0.307. The van der Waals surface area contributed by atoms with Crippen molar-refractivity contribution < 1.29 is 18.1 Å². The highest BCUT2D eigenvalue weighted by molar-refractivity contribution is 4.94. The number of halogens is 3. The molecule has 0 saturated heterocycles. The average molecular weight is 125 g/mol. The summed E-state index contributed by atoms with van der Waals surface area (Å²) in [5.41, 5.74) is 0. The van der Waals surface area contributed by atoms with E-state index in [1.165, 1.54) is 0 Å². The fourth-order valence-electron chi connectivity index (χ4n) is 0.307. The van der Waals surface area contributed by atoms with Gasteiger partial charge in [0.15, 0.2) is 12.1 Å². The molecule has 0 aromatic carbocycles. The third-order valence-electron chi connectivity index (χ3n) is 0.672. The van der Waals surface area contributed by atoms with Crippen LogP contribution in [0.2, 0.25) is 0 Å². The Labute approximate surface area is 43.0 Å². The third-order valence-corrected chi connectivity index (χ3v) is 0.672. The van der Waals surface area contributed by atoms with Crippen LogP contribution in [0.15, 0.2) is 12.1 Å². The predicted octanol–water partition coefficient (Wildman–Crippen LogP) is 1.22. The second-order valence-electron chi connectivity index (χ2n) is 1.22. The van der Waals surface area contributed by atoms with Crippen LogP contribution in [0.1, 0.15) is 0 Å². The highest BCUT2D eigenvalue weighted by Gasteiger charge is 2.30. The van der Waals surface area contributed by atoms with Crippen LogP contribution in [-0.4, -0.2) is 11.6 Å². The second-order valence-corrected chi connectivity index (χ2v) is 1.22. The lowest BCUT2D eigenvalue weighted by Gasteiger charge is -2.01. The minimum absolute atomic E-state index is 0.366. The summed E-state index contributed by atoms with van der Waals surface area (Å²) in [7, 11) is 0. The highest BCUT2D eigenvalue weighted by Crippen LogP contribution is 2.21. The van der Waals surface area contributed by atoms with E-state index in [2.05, 4.69) is 4.84 Å². The van der Waals surface area contributed by atoms with Crippen LogP contribution in [0.25, 0.3) is 0 Å². The highest BCUT2D eigenvalue weighted by atomic mass is 19.2. The van der Waals surface area contributed by atoms with Gasteiger partial charge in [-0.3, -0.25) is 0 Å². The third kappa shape index (κ3) is 0.645. The van der Waals surface area contributed by atoms with Crippen LogP contribution in [0.4, 0.5) is 13.3 Å². The van der Waals surface area contributed by atoms with Gasteiger partial charge in [0.25, 0.3) is 6.30 Å². The summed E-state index contributed by atoms with van der Waals surface area (Å²) in [5.74, 6) is -1.26. The zero-order chi connectivity index (χ0) is 6.15. The van der Waals surface area contributed by atoms with Crippen molar-refractivity contribution in [2.24, 2.45) is 0 Å². The van der Waals surface area contributed by atoms with Gasteiger partial charge in [-0.05, 0) is 0 Å². The summed E-state index contributed by atoms with van der Waals surface area (Å²) < 4.78 is 34.9. The molecule has 0 aliphatic carbocycles. The molecule has 1 aliphatic rings. The Balaban J connectivity index is 2.59. The van der Waals surface area contributed by atoms with Gasteiger partial charge in [0.1, 0.15) is 0 Å². The van der Waals surface area contributed by atoms with Crippen molar-refractivity contribution in [3.63, 3.8) is 0 Å². The Morgan fingerprint density at radius 1 is 1.75 bits per heavy atom. The Bertz CT molecular complexity index is 126. The number of hydrogen-bond donors (Lipinski definition) is 0. The van der Waals surface area contributed by atoms with Gasteiger partial charge >= 0.3 is 0 Å². The molecule has 0 saturated carbocycles. The molecule has 0 radical (unpaired) electrons. The maximum Gasteiger partial charge on any atom is 0.272 e. The van der Waals surface area contributed by atoms with Gasteiger partial charge in [0, 0.05) is 0 Å². The predicted molar refractivity (Wildman–Crippen MR) is 18.1 cm³/mol. The molecule has 1 unspecified atom stereocenters. The molecule has 5 heteroatoms. The van der Waals surface area contributed by atoms with Gasteiger partial charge in [-0.25, -0.2) is 8.78 Å². The van der Waals surface area contributed by atoms with E-state index < -0.39 is 17.4 Å². The molecule has 0 aromatic heterocycles. The van der Waals surface area contributed by atoms with Crippen LogP contribution in [0.3, 0.4) is 0 Å². The standard InChI is InChI=1S/C3H2F3NO/c4-2-1-8-7(6)3(2)5/h1,3H. The topological polar surface area (TPSA) is 12.5 Å². The molecule has 2 nitrogen and oxygen atoms in total. The fraction of sp³-hybridized carbons (Fsp3) is 0.333. The van der Waals surface area contributed by atoms with E-state index in [0.29, 0.717) is 6.26 Å². The summed E-state index contributed by atoms with van der Waals surface area (Å²) in [6.07, 6.45) is -2.01. The summed E-state index contributed by atoms with van der Waals surface area (Å²) in [6, 6.07) is 0. The first kappa shape index (κ1) is 5.43. The average Bonchev–Trinajstić information content (AvgIpc) is 1.98. The molecule has 1 atom stereocenters. The van der Waals surface area contributed by atoms with Crippen LogP contribution in [-0.2, 0) is 4.84 Å². The SMILES string of the molecule is FC1=CON(F)C1F. The van der Waals surface area contributed by atoms with Gasteiger partial charge in [-0.15, -0.1) is 0 Å². The van der Waals surface area contributed by atoms with Gasteiger partial charge in [0.05, 0.1) is 5.29 Å². The van der Waals surface area contributed by atoms with E-state index >= 15 is 0 Å². The van der Waals surface area contributed by atoms with E-state index in [0.717, 1.165) is 0 Å². The molecular weight excluding hydrogens is 123 g/mol. The second kappa shape index (κ2) is 1.66. The van der Waals surface area contributed by atoms with E-state index in [4.69, 9.17) is 0 Å². The number of nitrogens with zero attached hydrogens (tertiary/aromatic N) is 1. The van der Waals surface area contributed by atoms with Crippen molar-refractivity contribution in [2.75, 3.05) is 0 Å². The molecule has 1 aliphatic heterocycles. The zero-order valence-electron chi connectivity index (χ0n) is 3.64. The van der Waals surface area contributed by atoms with Gasteiger partial charge in [0.2, 0.25) is 0 Å². The Hall–Kier alpha value is -0.710. The molecule has 0 spiro atoms. The van der Waals surface area contributed by atoms with Crippen LogP contribution in [0.5, 0.6) is 0 Å². The van der Waals surface area contributed by atoms with Crippen molar-refractivity contribution in [2.45, 2.75) is 6.30 Å². The Morgan fingerprint density at radius 2 is 2.38 bits per heavy atom. The maximum atomic E-state index is 11.7. The first-order valence-electron chi connectivity index (χ1n) is 1.83. The molecule has 0 N–H and O–H groups in total. The molecule has 0 amide bonds. The lowest BCUT2D eigenvalue weighted by Crippen LogP contribution is -2.15. The molecule has 0 aromatic rings. The molecule has 1 heterocycles. The molecule has 46 valence electrons. The smallest absolute Gasteiger partial charge is 0.272 e. The normalized spacial score (nSPS) is 29.9. The van der Waals surface area contributed by atoms with E-state index in [1.807, 2.05) is 0 Å². The minimum Gasteiger partial charge on any atom is -0.378 e. The Morgan fingerprint density at radius 3 is 2.50 bits per heavy atom. The number of hydroxylamine groups is 1. The summed E-state index contributed by atoms with van der Waals surface area (Å²) in [6.45, 7) is 0. The Kier molecular flexibility index (Phi) is 1.13. The molecule has 8 heavy (non-hydrogen) atoms. The van der Waals surface area contributed by atoms with Crippen molar-refractivity contribution in [1.82, 2.24) is 5.29 Å². The maximum absolute atomic E-state index is 11.7. The summed E-state index contributed by atoms with van der Waals surface area (Å²) in [5, 5.41) is -0.713. The molecule has 0 bridgehead atoms. The lowest BCUT2D eigenvalue weighted by molar-refractivity contribution is -0.270. The van der Waals surface area contributed by atoms with Crippen molar-refractivity contribution in [3.8, 4) is 0 Å². The van der Waals surface area contributed by atoms with Gasteiger partial charge in [-0.1, -0.05) is 4.48 Å². The zero-order valence-corrected chi connectivity index (χ0v) is 3.64.